The normalized spacial score (nSPS) is 15.1. The van der Waals surface area contributed by atoms with Crippen molar-refractivity contribution in [2.24, 2.45) is 4.99 Å². The van der Waals surface area contributed by atoms with Gasteiger partial charge in [-0.05, 0) is 49.4 Å². The molecule has 7 nitrogen and oxygen atoms in total. The molecule has 0 unspecified atom stereocenters. The van der Waals surface area contributed by atoms with Crippen LogP contribution in [0, 0.1) is 5.82 Å². The number of thioether (sulfide) groups is 1. The lowest BCUT2D eigenvalue weighted by Gasteiger charge is -2.26. The molecule has 0 spiro atoms. The first kappa shape index (κ1) is 24.4. The second-order valence-corrected chi connectivity index (χ2v) is 8.44. The molecule has 168 valence electrons. The summed E-state index contributed by atoms with van der Waals surface area (Å²) in [7, 11) is 3.46. The number of carbonyl (C=O) groups is 1. The summed E-state index contributed by atoms with van der Waals surface area (Å²) < 4.78 is 18.3. The minimum atomic E-state index is -0.214. The number of benzene rings is 1. The number of hydrogen-bond donors (Lipinski definition) is 2. The van der Waals surface area contributed by atoms with Crippen molar-refractivity contribution in [3.05, 3.63) is 30.1 Å². The highest BCUT2D eigenvalue weighted by Gasteiger charge is 2.09. The molecule has 1 aliphatic rings. The van der Waals surface area contributed by atoms with E-state index >= 15 is 0 Å². The molecule has 0 aromatic heterocycles. The Kier molecular flexibility index (Phi) is 11.6. The fourth-order valence-electron chi connectivity index (χ4n) is 2.80. The second kappa shape index (κ2) is 14.2. The molecule has 2 N–H and O–H groups in total. The van der Waals surface area contributed by atoms with Crippen molar-refractivity contribution in [2.75, 3.05) is 72.3 Å². The van der Waals surface area contributed by atoms with Gasteiger partial charge in [0.15, 0.2) is 5.96 Å². The largest absolute Gasteiger partial charge is 0.379 e. The van der Waals surface area contributed by atoms with Crippen LogP contribution in [0.25, 0.3) is 0 Å². The fourth-order valence-corrected chi connectivity index (χ4v) is 3.65. The van der Waals surface area contributed by atoms with E-state index in [9.17, 15) is 9.18 Å². The van der Waals surface area contributed by atoms with Crippen LogP contribution < -0.4 is 10.6 Å². The molecule has 2 rings (SSSR count). The monoisotopic (exact) mass is 439 g/mol. The highest BCUT2D eigenvalue weighted by molar-refractivity contribution is 7.99. The van der Waals surface area contributed by atoms with Gasteiger partial charge in [0.25, 0.3) is 0 Å². The van der Waals surface area contributed by atoms with Crippen molar-refractivity contribution < 1.29 is 13.9 Å². The highest BCUT2D eigenvalue weighted by atomic mass is 32.2. The van der Waals surface area contributed by atoms with Crippen molar-refractivity contribution in [1.82, 2.24) is 20.4 Å². The number of ether oxygens (including phenoxy) is 1. The van der Waals surface area contributed by atoms with Crippen LogP contribution in [0.15, 0.2) is 34.2 Å². The Morgan fingerprint density at radius 1 is 1.17 bits per heavy atom. The molecule has 0 aliphatic carbocycles. The summed E-state index contributed by atoms with van der Waals surface area (Å²) in [4.78, 5) is 21.3. The summed E-state index contributed by atoms with van der Waals surface area (Å²) in [6.45, 7) is 6.28. The molecule has 1 fully saturated rings. The number of nitrogens with one attached hydrogen (secondary N) is 2. The first-order chi connectivity index (χ1) is 14.5. The van der Waals surface area contributed by atoms with Crippen LogP contribution in [-0.4, -0.2) is 94.0 Å². The number of carbonyl (C=O) groups excluding carboxylic acids is 1. The second-order valence-electron chi connectivity index (χ2n) is 7.27. The summed E-state index contributed by atoms with van der Waals surface area (Å²) in [6, 6.07) is 6.55. The smallest absolute Gasteiger partial charge is 0.243 e. The van der Waals surface area contributed by atoms with Gasteiger partial charge in [0.05, 0.1) is 13.2 Å². The molecule has 0 bridgehead atoms. The van der Waals surface area contributed by atoms with Crippen LogP contribution in [-0.2, 0) is 9.53 Å². The summed E-state index contributed by atoms with van der Waals surface area (Å²) in [5.74, 6) is 1.34. The predicted octanol–water partition coefficient (Wildman–Crippen LogP) is 1.65. The lowest BCUT2D eigenvalue weighted by molar-refractivity contribution is -0.127. The minimum absolute atomic E-state index is 0.0312. The lowest BCUT2D eigenvalue weighted by Crippen LogP contribution is -2.41. The number of amides is 1. The van der Waals surface area contributed by atoms with Gasteiger partial charge in [0.1, 0.15) is 12.4 Å². The quantitative estimate of drug-likeness (QED) is 0.237. The Morgan fingerprint density at radius 2 is 1.83 bits per heavy atom. The van der Waals surface area contributed by atoms with E-state index in [4.69, 9.17) is 4.74 Å². The standard InChI is InChI=1S/C21H34FN5O2S/c1-26(2)20(28)17-25-21(23-9-3-11-27-12-14-29-15-13-27)24-10-4-16-30-19-7-5-18(22)6-8-19/h5-8H,3-4,9-17H2,1-2H3,(H2,23,24,25). The van der Waals surface area contributed by atoms with Crippen LogP contribution in [0.4, 0.5) is 4.39 Å². The zero-order chi connectivity index (χ0) is 21.6. The molecule has 1 amide bonds. The van der Waals surface area contributed by atoms with Crippen LogP contribution in [0.3, 0.4) is 0 Å². The highest BCUT2D eigenvalue weighted by Crippen LogP contribution is 2.18. The fraction of sp³-hybridized carbons (Fsp3) is 0.619. The Balaban J connectivity index is 1.69. The summed E-state index contributed by atoms with van der Waals surface area (Å²) in [6.07, 6.45) is 1.93. The van der Waals surface area contributed by atoms with E-state index in [1.54, 1.807) is 42.9 Å². The maximum atomic E-state index is 13.0. The molecular weight excluding hydrogens is 405 g/mol. The van der Waals surface area contributed by atoms with Gasteiger partial charge in [0.2, 0.25) is 5.91 Å². The Morgan fingerprint density at radius 3 is 2.50 bits per heavy atom. The Hall–Kier alpha value is -1.84. The minimum Gasteiger partial charge on any atom is -0.379 e. The summed E-state index contributed by atoms with van der Waals surface area (Å²) in [5.41, 5.74) is 0. The maximum absolute atomic E-state index is 13.0. The molecule has 1 aromatic carbocycles. The maximum Gasteiger partial charge on any atom is 0.243 e. The zero-order valence-corrected chi connectivity index (χ0v) is 18.8. The Labute approximate surface area is 183 Å². The van der Waals surface area contributed by atoms with Gasteiger partial charge in [-0.15, -0.1) is 11.8 Å². The van der Waals surface area contributed by atoms with Crippen molar-refractivity contribution in [2.45, 2.75) is 17.7 Å². The van der Waals surface area contributed by atoms with Crippen LogP contribution in [0.5, 0.6) is 0 Å². The number of hydrogen-bond acceptors (Lipinski definition) is 5. The average Bonchev–Trinajstić information content (AvgIpc) is 2.75. The van der Waals surface area contributed by atoms with Crippen LogP contribution in [0.1, 0.15) is 12.8 Å². The van der Waals surface area contributed by atoms with Crippen molar-refractivity contribution >= 4 is 23.6 Å². The van der Waals surface area contributed by atoms with Gasteiger partial charge in [-0.3, -0.25) is 9.69 Å². The molecule has 30 heavy (non-hydrogen) atoms. The number of guanidine groups is 1. The van der Waals surface area contributed by atoms with Gasteiger partial charge in [-0.1, -0.05) is 0 Å². The van der Waals surface area contributed by atoms with Gasteiger partial charge in [0, 0.05) is 45.2 Å². The molecule has 0 atom stereocenters. The first-order valence-corrected chi connectivity index (χ1v) is 11.4. The predicted molar refractivity (Wildman–Crippen MR) is 121 cm³/mol. The molecule has 0 saturated carbocycles. The SMILES string of the molecule is CN(C)C(=O)CN=C(NCCCSc1ccc(F)cc1)NCCCN1CCOCC1. The van der Waals surface area contributed by atoms with Gasteiger partial charge in [-0.25, -0.2) is 9.38 Å². The van der Waals surface area contributed by atoms with E-state index in [1.165, 1.54) is 12.1 Å². The van der Waals surface area contributed by atoms with Crippen molar-refractivity contribution in [1.29, 1.82) is 0 Å². The molecule has 1 heterocycles. The number of rotatable bonds is 11. The van der Waals surface area contributed by atoms with E-state index in [2.05, 4.69) is 20.5 Å². The third-order valence-electron chi connectivity index (χ3n) is 4.61. The van der Waals surface area contributed by atoms with E-state index in [0.717, 1.165) is 69.4 Å². The summed E-state index contributed by atoms with van der Waals surface area (Å²) >= 11 is 1.70. The van der Waals surface area contributed by atoms with E-state index < -0.39 is 0 Å². The number of halogens is 1. The van der Waals surface area contributed by atoms with Crippen LogP contribution in [0.2, 0.25) is 0 Å². The molecule has 1 saturated heterocycles. The number of aliphatic imine (C=N–C) groups is 1. The van der Waals surface area contributed by atoms with Crippen molar-refractivity contribution in [3.63, 3.8) is 0 Å². The molecule has 1 aromatic rings. The van der Waals surface area contributed by atoms with Crippen molar-refractivity contribution in [3.8, 4) is 0 Å². The first-order valence-electron chi connectivity index (χ1n) is 10.5. The van der Waals surface area contributed by atoms with E-state index in [1.807, 2.05) is 0 Å². The molecular formula is C21H34FN5O2S. The average molecular weight is 440 g/mol. The number of nitrogens with zero attached hydrogens (tertiary/aromatic N) is 3. The lowest BCUT2D eigenvalue weighted by atomic mass is 10.3. The van der Waals surface area contributed by atoms with Crippen LogP contribution >= 0.6 is 11.8 Å². The summed E-state index contributed by atoms with van der Waals surface area (Å²) in [5, 5.41) is 6.64. The molecule has 9 heteroatoms. The van der Waals surface area contributed by atoms with Gasteiger partial charge >= 0.3 is 0 Å². The zero-order valence-electron chi connectivity index (χ0n) is 18.0. The number of likely N-dealkylation sites (N-methyl/N-ethyl adjacent to an activating group) is 1. The number of morpholine rings is 1. The topological polar surface area (TPSA) is 69.2 Å². The molecule has 1 aliphatic heterocycles. The Bertz CT molecular complexity index is 651. The van der Waals surface area contributed by atoms with E-state index in [0.29, 0.717) is 5.96 Å². The van der Waals surface area contributed by atoms with Gasteiger partial charge < -0.3 is 20.3 Å². The molecule has 0 radical (unpaired) electrons. The third kappa shape index (κ3) is 10.3. The van der Waals surface area contributed by atoms with E-state index in [-0.39, 0.29) is 18.3 Å². The third-order valence-corrected chi connectivity index (χ3v) is 5.71. The van der Waals surface area contributed by atoms with Gasteiger partial charge in [-0.2, -0.15) is 0 Å².